The van der Waals surface area contributed by atoms with Crippen LogP contribution in [-0.4, -0.2) is 43.7 Å². The molecule has 0 bridgehead atoms. The molecule has 1 aromatic carbocycles. The molecule has 3 heterocycles. The lowest BCUT2D eigenvalue weighted by molar-refractivity contribution is 0.657. The fourth-order valence-electron chi connectivity index (χ4n) is 3.16. The van der Waals surface area contributed by atoms with Gasteiger partial charge in [0.25, 0.3) is 0 Å². The smallest absolute Gasteiger partial charge is 0.191 e. The molecule has 0 amide bonds. The maximum atomic E-state index is 4.60. The molecule has 0 radical (unpaired) electrons. The van der Waals surface area contributed by atoms with Crippen molar-refractivity contribution in [3.05, 3.63) is 60.3 Å². The van der Waals surface area contributed by atoms with Gasteiger partial charge in [0.1, 0.15) is 5.82 Å². The maximum Gasteiger partial charge on any atom is 0.191 e. The van der Waals surface area contributed by atoms with E-state index in [-0.39, 0.29) is 24.0 Å². The van der Waals surface area contributed by atoms with Crippen LogP contribution < -0.4 is 10.6 Å². The van der Waals surface area contributed by atoms with Gasteiger partial charge < -0.3 is 15.2 Å². The molecule has 0 saturated carbocycles. The average Bonchev–Trinajstić information content (AvgIpc) is 3.25. The van der Waals surface area contributed by atoms with Gasteiger partial charge in [-0.15, -0.1) is 34.2 Å². The van der Waals surface area contributed by atoms with Crippen LogP contribution >= 0.6 is 24.0 Å². The van der Waals surface area contributed by atoms with E-state index in [1.807, 2.05) is 53.9 Å². The number of pyridine rings is 1. The largest absolute Gasteiger partial charge is 0.355 e. The van der Waals surface area contributed by atoms with Gasteiger partial charge in [0.2, 0.25) is 0 Å². The first-order valence-electron chi connectivity index (χ1n) is 8.91. The van der Waals surface area contributed by atoms with Gasteiger partial charge in [-0.1, -0.05) is 18.2 Å². The Morgan fingerprint density at radius 2 is 1.89 bits per heavy atom. The minimum Gasteiger partial charge on any atom is -0.355 e. The second-order valence-electron chi connectivity index (χ2n) is 6.20. The fourth-order valence-corrected chi connectivity index (χ4v) is 3.16. The Balaban J connectivity index is 0.00000225. The van der Waals surface area contributed by atoms with Gasteiger partial charge >= 0.3 is 0 Å². The summed E-state index contributed by atoms with van der Waals surface area (Å²) in [7, 11) is 1.76. The van der Waals surface area contributed by atoms with Gasteiger partial charge in [-0.3, -0.25) is 9.39 Å². The Hall–Kier alpha value is -2.69. The highest BCUT2D eigenvalue weighted by molar-refractivity contribution is 14.0. The molecule has 0 aliphatic heterocycles. The Morgan fingerprint density at radius 3 is 2.75 bits per heavy atom. The highest BCUT2D eigenvalue weighted by atomic mass is 127. The maximum absolute atomic E-state index is 4.60. The van der Waals surface area contributed by atoms with Crippen molar-refractivity contribution in [1.29, 1.82) is 0 Å². The number of aryl methyl sites for hydroxylation is 1. The third kappa shape index (κ3) is 4.08. The third-order valence-corrected chi connectivity index (χ3v) is 4.50. The van der Waals surface area contributed by atoms with Crippen molar-refractivity contribution in [3.63, 3.8) is 0 Å². The van der Waals surface area contributed by atoms with E-state index >= 15 is 0 Å². The highest BCUT2D eigenvalue weighted by Gasteiger charge is 2.08. The first-order chi connectivity index (χ1) is 13.3. The zero-order chi connectivity index (χ0) is 18.6. The van der Waals surface area contributed by atoms with Crippen LogP contribution in [0.1, 0.15) is 11.6 Å². The van der Waals surface area contributed by atoms with Crippen LogP contribution in [0.2, 0.25) is 0 Å². The molecule has 4 rings (SSSR count). The number of benzene rings is 1. The standard InChI is InChI=1S/C19H22N8.HI/c1-14-23-15-7-3-4-8-16(15)26(14)12-10-21-19(20-2)22-13-18-25-24-17-9-5-6-11-27(17)18;/h3-9,11H,10,12-13H2,1-2H3,(H2,20,21,22);1H. The van der Waals surface area contributed by atoms with Crippen molar-refractivity contribution in [2.45, 2.75) is 20.0 Å². The molecule has 28 heavy (non-hydrogen) atoms. The highest BCUT2D eigenvalue weighted by Crippen LogP contribution is 2.14. The molecular formula is C19H23IN8. The monoisotopic (exact) mass is 490 g/mol. The molecule has 0 unspecified atom stereocenters. The van der Waals surface area contributed by atoms with Crippen molar-refractivity contribution in [1.82, 2.24) is 34.8 Å². The van der Waals surface area contributed by atoms with E-state index in [2.05, 4.69) is 41.4 Å². The zero-order valence-electron chi connectivity index (χ0n) is 15.8. The van der Waals surface area contributed by atoms with E-state index in [1.54, 1.807) is 7.05 Å². The number of imidazole rings is 1. The van der Waals surface area contributed by atoms with E-state index in [4.69, 9.17) is 0 Å². The Labute approximate surface area is 180 Å². The Kier molecular flexibility index (Phi) is 6.45. The Bertz CT molecular complexity index is 1100. The lowest BCUT2D eigenvalue weighted by Gasteiger charge is -2.12. The number of halogens is 1. The minimum atomic E-state index is 0. The van der Waals surface area contributed by atoms with Crippen molar-refractivity contribution in [3.8, 4) is 0 Å². The first kappa shape index (κ1) is 20.1. The van der Waals surface area contributed by atoms with Crippen molar-refractivity contribution < 1.29 is 0 Å². The summed E-state index contributed by atoms with van der Waals surface area (Å²) in [5, 5.41) is 15.0. The number of para-hydroxylation sites is 2. The van der Waals surface area contributed by atoms with Gasteiger partial charge in [0.15, 0.2) is 17.4 Å². The second-order valence-corrected chi connectivity index (χ2v) is 6.20. The molecule has 8 nitrogen and oxygen atoms in total. The summed E-state index contributed by atoms with van der Waals surface area (Å²) in [6.07, 6.45) is 1.95. The zero-order valence-corrected chi connectivity index (χ0v) is 18.2. The number of guanidine groups is 1. The summed E-state index contributed by atoms with van der Waals surface area (Å²) < 4.78 is 4.17. The summed E-state index contributed by atoms with van der Waals surface area (Å²) in [5.74, 6) is 2.57. The molecule has 4 aromatic rings. The lowest BCUT2D eigenvalue weighted by Crippen LogP contribution is -2.38. The summed E-state index contributed by atoms with van der Waals surface area (Å²) in [6, 6.07) is 14.0. The summed E-state index contributed by atoms with van der Waals surface area (Å²) in [4.78, 5) is 8.88. The van der Waals surface area contributed by atoms with Gasteiger partial charge in [-0.25, -0.2) is 4.98 Å². The normalized spacial score (nSPS) is 11.6. The van der Waals surface area contributed by atoms with Crippen LogP contribution in [0, 0.1) is 6.92 Å². The number of rotatable bonds is 5. The molecule has 2 N–H and O–H groups in total. The van der Waals surface area contributed by atoms with Crippen molar-refractivity contribution in [2.75, 3.05) is 13.6 Å². The molecule has 146 valence electrons. The van der Waals surface area contributed by atoms with Crippen molar-refractivity contribution >= 4 is 46.6 Å². The topological polar surface area (TPSA) is 84.4 Å². The number of fused-ring (bicyclic) bond motifs is 2. The van der Waals surface area contributed by atoms with Gasteiger partial charge in [-0.2, -0.15) is 0 Å². The number of nitrogens with one attached hydrogen (secondary N) is 2. The van der Waals surface area contributed by atoms with Gasteiger partial charge in [0.05, 0.1) is 17.6 Å². The van der Waals surface area contributed by atoms with Crippen molar-refractivity contribution in [2.24, 2.45) is 4.99 Å². The average molecular weight is 490 g/mol. The predicted octanol–water partition coefficient (Wildman–Crippen LogP) is 2.37. The SMILES string of the molecule is CN=C(NCCn1c(C)nc2ccccc21)NCc1nnc2ccccn12.I. The number of aliphatic imine (C=N–C) groups is 1. The van der Waals surface area contributed by atoms with Crippen LogP contribution in [0.3, 0.4) is 0 Å². The molecule has 0 aliphatic carbocycles. The van der Waals surface area contributed by atoms with Gasteiger partial charge in [0, 0.05) is 26.3 Å². The van der Waals surface area contributed by atoms with E-state index in [0.29, 0.717) is 6.54 Å². The van der Waals surface area contributed by atoms with Crippen LogP contribution in [0.15, 0.2) is 53.7 Å². The molecular weight excluding hydrogens is 467 g/mol. The molecule has 0 saturated heterocycles. The number of hydrogen-bond donors (Lipinski definition) is 2. The van der Waals surface area contributed by atoms with E-state index < -0.39 is 0 Å². The van der Waals surface area contributed by atoms with Crippen LogP contribution in [-0.2, 0) is 13.1 Å². The van der Waals surface area contributed by atoms with Crippen LogP contribution in [0.25, 0.3) is 16.7 Å². The number of hydrogen-bond acceptors (Lipinski definition) is 4. The molecule has 9 heteroatoms. The molecule has 3 aromatic heterocycles. The number of nitrogens with zero attached hydrogens (tertiary/aromatic N) is 6. The molecule has 0 fully saturated rings. The van der Waals surface area contributed by atoms with Crippen LogP contribution in [0.5, 0.6) is 0 Å². The van der Waals surface area contributed by atoms with E-state index in [9.17, 15) is 0 Å². The lowest BCUT2D eigenvalue weighted by atomic mass is 10.3. The fraction of sp³-hybridized carbons (Fsp3) is 0.263. The first-order valence-corrected chi connectivity index (χ1v) is 8.91. The third-order valence-electron chi connectivity index (χ3n) is 4.50. The molecule has 0 spiro atoms. The molecule has 0 aliphatic rings. The minimum absolute atomic E-state index is 0. The second kappa shape index (κ2) is 9.00. The quantitative estimate of drug-likeness (QED) is 0.255. The summed E-state index contributed by atoms with van der Waals surface area (Å²) in [6.45, 7) is 4.11. The number of aromatic nitrogens is 5. The Morgan fingerprint density at radius 1 is 1.07 bits per heavy atom. The summed E-state index contributed by atoms with van der Waals surface area (Å²) >= 11 is 0. The predicted molar refractivity (Wildman–Crippen MR) is 121 cm³/mol. The van der Waals surface area contributed by atoms with Crippen LogP contribution in [0.4, 0.5) is 0 Å². The molecule has 0 atom stereocenters. The summed E-state index contributed by atoms with van der Waals surface area (Å²) in [5.41, 5.74) is 3.01. The van der Waals surface area contributed by atoms with Gasteiger partial charge in [-0.05, 0) is 31.2 Å². The van der Waals surface area contributed by atoms with E-state index in [0.717, 1.165) is 47.4 Å². The van der Waals surface area contributed by atoms with E-state index in [1.165, 1.54) is 0 Å².